The maximum atomic E-state index is 13.1. The van der Waals surface area contributed by atoms with E-state index in [4.69, 9.17) is 5.73 Å². The number of benzene rings is 1. The number of rotatable bonds is 3. The standard InChI is InChI=1S/C14H21FN2/c1-17(14-8-3-2-7-13(14)16)10-11-5-4-6-12(15)9-11/h4-6,9,13-14H,2-3,7-8,10,16H2,1H3. The van der Waals surface area contributed by atoms with Gasteiger partial charge in [0.1, 0.15) is 5.82 Å². The van der Waals surface area contributed by atoms with E-state index in [1.807, 2.05) is 6.07 Å². The van der Waals surface area contributed by atoms with E-state index in [-0.39, 0.29) is 11.9 Å². The average Bonchev–Trinajstić information content (AvgIpc) is 2.29. The van der Waals surface area contributed by atoms with Crippen molar-refractivity contribution in [1.82, 2.24) is 4.90 Å². The Bertz CT molecular complexity index is 367. The number of nitrogens with zero attached hydrogens (tertiary/aromatic N) is 1. The molecular weight excluding hydrogens is 215 g/mol. The van der Waals surface area contributed by atoms with Crippen molar-refractivity contribution in [3.8, 4) is 0 Å². The zero-order valence-electron chi connectivity index (χ0n) is 10.4. The highest BCUT2D eigenvalue weighted by Gasteiger charge is 2.25. The normalized spacial score (nSPS) is 25.2. The minimum atomic E-state index is -0.163. The molecule has 2 nitrogen and oxygen atoms in total. The van der Waals surface area contributed by atoms with Gasteiger partial charge in [0.25, 0.3) is 0 Å². The molecule has 1 fully saturated rings. The highest BCUT2D eigenvalue weighted by Crippen LogP contribution is 2.22. The summed E-state index contributed by atoms with van der Waals surface area (Å²) in [6.45, 7) is 0.774. The van der Waals surface area contributed by atoms with Crippen LogP contribution in [0.15, 0.2) is 24.3 Å². The monoisotopic (exact) mass is 236 g/mol. The SMILES string of the molecule is CN(Cc1cccc(F)c1)C1CCCCC1N. The lowest BCUT2D eigenvalue weighted by atomic mass is 9.90. The summed E-state index contributed by atoms with van der Waals surface area (Å²) in [5, 5.41) is 0. The van der Waals surface area contributed by atoms with Gasteiger partial charge in [-0.1, -0.05) is 25.0 Å². The van der Waals surface area contributed by atoms with Gasteiger partial charge in [0.05, 0.1) is 0 Å². The fourth-order valence-corrected chi connectivity index (χ4v) is 2.73. The van der Waals surface area contributed by atoms with Gasteiger partial charge in [-0.15, -0.1) is 0 Å². The molecule has 0 amide bonds. The Morgan fingerprint density at radius 3 is 2.82 bits per heavy atom. The van der Waals surface area contributed by atoms with E-state index in [0.29, 0.717) is 6.04 Å². The van der Waals surface area contributed by atoms with E-state index >= 15 is 0 Å². The smallest absolute Gasteiger partial charge is 0.123 e. The molecule has 0 bridgehead atoms. The Morgan fingerprint density at radius 2 is 2.12 bits per heavy atom. The molecule has 0 spiro atoms. The molecule has 0 aliphatic heterocycles. The first kappa shape index (κ1) is 12.5. The topological polar surface area (TPSA) is 29.3 Å². The molecule has 17 heavy (non-hydrogen) atoms. The molecule has 1 aliphatic carbocycles. The van der Waals surface area contributed by atoms with Gasteiger partial charge < -0.3 is 5.73 Å². The summed E-state index contributed by atoms with van der Waals surface area (Å²) in [7, 11) is 2.08. The molecule has 0 aromatic heterocycles. The molecule has 0 saturated heterocycles. The summed E-state index contributed by atoms with van der Waals surface area (Å²) in [6.07, 6.45) is 4.77. The van der Waals surface area contributed by atoms with Crippen LogP contribution in [0.4, 0.5) is 4.39 Å². The molecule has 1 aromatic rings. The van der Waals surface area contributed by atoms with E-state index in [2.05, 4.69) is 11.9 Å². The van der Waals surface area contributed by atoms with E-state index in [9.17, 15) is 4.39 Å². The van der Waals surface area contributed by atoms with Gasteiger partial charge >= 0.3 is 0 Å². The van der Waals surface area contributed by atoms with E-state index < -0.39 is 0 Å². The van der Waals surface area contributed by atoms with Crippen LogP contribution in [0.3, 0.4) is 0 Å². The lowest BCUT2D eigenvalue weighted by Crippen LogP contribution is -2.47. The zero-order chi connectivity index (χ0) is 12.3. The van der Waals surface area contributed by atoms with Crippen molar-refractivity contribution in [3.05, 3.63) is 35.6 Å². The fourth-order valence-electron chi connectivity index (χ4n) is 2.73. The van der Waals surface area contributed by atoms with Gasteiger partial charge in [-0.2, -0.15) is 0 Å². The van der Waals surface area contributed by atoms with E-state index in [1.54, 1.807) is 12.1 Å². The molecule has 2 rings (SSSR count). The van der Waals surface area contributed by atoms with Gasteiger partial charge in [0, 0.05) is 18.6 Å². The molecule has 1 aromatic carbocycles. The van der Waals surface area contributed by atoms with Crippen molar-refractivity contribution < 1.29 is 4.39 Å². The van der Waals surface area contributed by atoms with Crippen molar-refractivity contribution >= 4 is 0 Å². The van der Waals surface area contributed by atoms with Gasteiger partial charge in [-0.3, -0.25) is 4.90 Å². The largest absolute Gasteiger partial charge is 0.326 e. The Balaban J connectivity index is 1.98. The Kier molecular flexibility index (Phi) is 4.13. The van der Waals surface area contributed by atoms with Gasteiger partial charge in [0.15, 0.2) is 0 Å². The minimum absolute atomic E-state index is 0.163. The van der Waals surface area contributed by atoms with Crippen LogP contribution < -0.4 is 5.73 Å². The third-order valence-corrected chi connectivity index (χ3v) is 3.67. The number of likely N-dealkylation sites (N-methyl/N-ethyl adjacent to an activating group) is 1. The molecule has 1 aliphatic rings. The first-order chi connectivity index (χ1) is 8.16. The molecule has 3 heteroatoms. The third-order valence-electron chi connectivity index (χ3n) is 3.67. The molecule has 1 saturated carbocycles. The number of hydrogen-bond donors (Lipinski definition) is 1. The second-order valence-electron chi connectivity index (χ2n) is 5.06. The summed E-state index contributed by atoms with van der Waals surface area (Å²) in [5.41, 5.74) is 7.17. The Labute approximate surface area is 103 Å². The van der Waals surface area contributed by atoms with Crippen LogP contribution in [0.5, 0.6) is 0 Å². The van der Waals surface area contributed by atoms with Gasteiger partial charge in [-0.25, -0.2) is 4.39 Å². The average molecular weight is 236 g/mol. The van der Waals surface area contributed by atoms with Crippen molar-refractivity contribution in [2.75, 3.05) is 7.05 Å². The summed E-state index contributed by atoms with van der Waals surface area (Å²) >= 11 is 0. The van der Waals surface area contributed by atoms with Crippen LogP contribution in [0.25, 0.3) is 0 Å². The van der Waals surface area contributed by atoms with Crippen molar-refractivity contribution in [2.45, 2.75) is 44.3 Å². The number of nitrogens with two attached hydrogens (primary N) is 1. The zero-order valence-corrected chi connectivity index (χ0v) is 10.4. The highest BCUT2D eigenvalue weighted by molar-refractivity contribution is 5.16. The predicted molar refractivity (Wildman–Crippen MR) is 68.1 cm³/mol. The first-order valence-electron chi connectivity index (χ1n) is 6.37. The summed E-state index contributed by atoms with van der Waals surface area (Å²) < 4.78 is 13.1. The van der Waals surface area contributed by atoms with Crippen LogP contribution in [0.1, 0.15) is 31.2 Å². The maximum absolute atomic E-state index is 13.1. The van der Waals surface area contributed by atoms with Gasteiger partial charge in [0.2, 0.25) is 0 Å². The molecule has 94 valence electrons. The van der Waals surface area contributed by atoms with Gasteiger partial charge in [-0.05, 0) is 37.6 Å². The highest BCUT2D eigenvalue weighted by atomic mass is 19.1. The van der Waals surface area contributed by atoms with Crippen molar-refractivity contribution in [3.63, 3.8) is 0 Å². The van der Waals surface area contributed by atoms with E-state index in [0.717, 1.165) is 24.9 Å². The maximum Gasteiger partial charge on any atom is 0.123 e. The number of halogens is 1. The molecule has 2 N–H and O–H groups in total. The van der Waals surface area contributed by atoms with Crippen molar-refractivity contribution in [1.29, 1.82) is 0 Å². The second kappa shape index (κ2) is 5.61. The molecule has 0 radical (unpaired) electrons. The Morgan fingerprint density at radius 1 is 1.35 bits per heavy atom. The predicted octanol–water partition coefficient (Wildman–Crippen LogP) is 2.53. The van der Waals surface area contributed by atoms with Crippen molar-refractivity contribution in [2.24, 2.45) is 5.73 Å². The summed E-state index contributed by atoms with van der Waals surface area (Å²) in [4.78, 5) is 2.26. The first-order valence-corrected chi connectivity index (χ1v) is 6.37. The van der Waals surface area contributed by atoms with Crippen LogP contribution in [-0.2, 0) is 6.54 Å². The summed E-state index contributed by atoms with van der Waals surface area (Å²) in [5.74, 6) is -0.163. The molecular formula is C14H21FN2. The molecule has 0 heterocycles. The van der Waals surface area contributed by atoms with Crippen LogP contribution in [0.2, 0.25) is 0 Å². The van der Waals surface area contributed by atoms with E-state index in [1.165, 1.54) is 18.9 Å². The molecule has 2 unspecified atom stereocenters. The number of hydrogen-bond acceptors (Lipinski definition) is 2. The molecule has 2 atom stereocenters. The van der Waals surface area contributed by atoms with Crippen LogP contribution in [-0.4, -0.2) is 24.0 Å². The summed E-state index contributed by atoms with van der Waals surface area (Å²) in [6, 6.07) is 7.52. The fraction of sp³-hybridized carbons (Fsp3) is 0.571. The van der Waals surface area contributed by atoms with Crippen LogP contribution in [0, 0.1) is 5.82 Å². The second-order valence-corrected chi connectivity index (χ2v) is 5.06. The van der Waals surface area contributed by atoms with Crippen LogP contribution >= 0.6 is 0 Å². The minimum Gasteiger partial charge on any atom is -0.326 e. The lowest BCUT2D eigenvalue weighted by Gasteiger charge is -2.36. The third kappa shape index (κ3) is 3.27. The lowest BCUT2D eigenvalue weighted by molar-refractivity contribution is 0.162. The Hall–Kier alpha value is -0.930. The quantitative estimate of drug-likeness (QED) is 0.873.